The van der Waals surface area contributed by atoms with Gasteiger partial charge in [0.1, 0.15) is 0 Å². The molecule has 2 aliphatic rings. The minimum atomic E-state index is -0.407. The number of likely N-dealkylation sites (tertiary alicyclic amines) is 1. The summed E-state index contributed by atoms with van der Waals surface area (Å²) in [5.74, 6) is 0.415. The number of benzene rings is 1. The maximum atomic E-state index is 13.2. The highest BCUT2D eigenvalue weighted by Crippen LogP contribution is 2.35. The van der Waals surface area contributed by atoms with Gasteiger partial charge in [-0.15, -0.1) is 0 Å². The summed E-state index contributed by atoms with van der Waals surface area (Å²) in [5, 5.41) is 3.64. The molecule has 1 spiro atoms. The Morgan fingerprint density at radius 3 is 2.52 bits per heavy atom. The summed E-state index contributed by atoms with van der Waals surface area (Å²) in [6.45, 7) is 5.94. The first-order chi connectivity index (χ1) is 14.0. The van der Waals surface area contributed by atoms with Gasteiger partial charge in [0, 0.05) is 50.4 Å². The lowest BCUT2D eigenvalue weighted by molar-refractivity contribution is -0.134. The molecule has 1 aromatic heterocycles. The van der Waals surface area contributed by atoms with Crippen LogP contribution in [-0.2, 0) is 11.3 Å². The predicted molar refractivity (Wildman–Crippen MR) is 111 cm³/mol. The van der Waals surface area contributed by atoms with Gasteiger partial charge in [0.15, 0.2) is 0 Å². The van der Waals surface area contributed by atoms with Crippen LogP contribution in [0.15, 0.2) is 54.9 Å². The van der Waals surface area contributed by atoms with Gasteiger partial charge in [-0.05, 0) is 29.7 Å². The van der Waals surface area contributed by atoms with Crippen LogP contribution < -0.4 is 5.32 Å². The quantitative estimate of drug-likeness (QED) is 0.869. The Bertz CT molecular complexity index is 861. The Morgan fingerprint density at radius 1 is 1.17 bits per heavy atom. The summed E-state index contributed by atoms with van der Waals surface area (Å²) in [6.07, 6.45) is 5.01. The molecule has 152 valence electrons. The maximum Gasteiger partial charge on any atom is 0.253 e. The van der Waals surface area contributed by atoms with Gasteiger partial charge in [-0.25, -0.2) is 0 Å². The number of hydrogen-bond acceptors (Lipinski definition) is 4. The van der Waals surface area contributed by atoms with Gasteiger partial charge in [-0.3, -0.25) is 19.9 Å². The first-order valence-electron chi connectivity index (χ1n) is 10.3. The Morgan fingerprint density at radius 2 is 1.90 bits per heavy atom. The first-order valence-corrected chi connectivity index (χ1v) is 10.3. The number of rotatable bonds is 4. The van der Waals surface area contributed by atoms with E-state index in [9.17, 15) is 9.59 Å². The number of carbonyl (C=O) groups is 2. The molecule has 0 saturated carbocycles. The summed E-state index contributed by atoms with van der Waals surface area (Å²) in [5.41, 5.74) is 1.33. The van der Waals surface area contributed by atoms with Crippen molar-refractivity contribution in [1.82, 2.24) is 20.1 Å². The van der Waals surface area contributed by atoms with E-state index < -0.39 is 5.66 Å². The number of amides is 2. The predicted octanol–water partition coefficient (Wildman–Crippen LogP) is 2.67. The smallest absolute Gasteiger partial charge is 0.253 e. The molecule has 1 N–H and O–H groups in total. The second-order valence-corrected chi connectivity index (χ2v) is 8.34. The fourth-order valence-corrected chi connectivity index (χ4v) is 4.42. The van der Waals surface area contributed by atoms with Crippen molar-refractivity contribution < 1.29 is 9.59 Å². The lowest BCUT2D eigenvalue weighted by Gasteiger charge is -2.44. The SMILES string of the molecule is CC(C)C1NC2(CCN(C(=O)c3ccccc3)CC2)N(Cc2cccnc2)C1=O. The molecule has 6 heteroatoms. The van der Waals surface area contributed by atoms with Crippen molar-refractivity contribution >= 4 is 11.8 Å². The molecular formula is C23H28N4O2. The average molecular weight is 393 g/mol. The highest BCUT2D eigenvalue weighted by atomic mass is 16.2. The number of nitrogens with zero attached hydrogens (tertiary/aromatic N) is 3. The fraction of sp³-hybridized carbons (Fsp3) is 0.435. The van der Waals surface area contributed by atoms with Gasteiger partial charge in [0.2, 0.25) is 5.91 Å². The van der Waals surface area contributed by atoms with Crippen molar-refractivity contribution in [3.63, 3.8) is 0 Å². The van der Waals surface area contributed by atoms with Crippen LogP contribution in [0.3, 0.4) is 0 Å². The molecule has 2 amide bonds. The van der Waals surface area contributed by atoms with Crippen LogP contribution in [0, 0.1) is 5.92 Å². The zero-order chi connectivity index (χ0) is 20.4. The van der Waals surface area contributed by atoms with E-state index in [1.165, 1.54) is 0 Å². The number of carbonyl (C=O) groups excluding carboxylic acids is 2. The molecule has 3 heterocycles. The molecule has 4 rings (SSSR count). The summed E-state index contributed by atoms with van der Waals surface area (Å²) in [4.78, 5) is 34.1. The summed E-state index contributed by atoms with van der Waals surface area (Å²) in [6, 6.07) is 13.1. The van der Waals surface area contributed by atoms with E-state index in [1.54, 1.807) is 6.20 Å². The van der Waals surface area contributed by atoms with Crippen molar-refractivity contribution in [2.24, 2.45) is 5.92 Å². The molecule has 0 bridgehead atoms. The monoisotopic (exact) mass is 392 g/mol. The Labute approximate surface area is 171 Å². The van der Waals surface area contributed by atoms with Crippen LogP contribution in [0.2, 0.25) is 0 Å². The van der Waals surface area contributed by atoms with Crippen LogP contribution in [0.1, 0.15) is 42.6 Å². The summed E-state index contributed by atoms with van der Waals surface area (Å²) < 4.78 is 0. The molecule has 29 heavy (non-hydrogen) atoms. The first kappa shape index (κ1) is 19.6. The van der Waals surface area contributed by atoms with E-state index in [4.69, 9.17) is 0 Å². The van der Waals surface area contributed by atoms with Crippen molar-refractivity contribution in [3.8, 4) is 0 Å². The normalized spacial score (nSPS) is 21.2. The highest BCUT2D eigenvalue weighted by molar-refractivity contribution is 5.94. The molecule has 2 aliphatic heterocycles. The van der Waals surface area contributed by atoms with Crippen molar-refractivity contribution in [2.45, 2.75) is 44.9 Å². The molecule has 6 nitrogen and oxygen atoms in total. The van der Waals surface area contributed by atoms with E-state index in [2.05, 4.69) is 24.1 Å². The molecule has 1 aromatic carbocycles. The summed E-state index contributed by atoms with van der Waals surface area (Å²) >= 11 is 0. The third-order valence-corrected chi connectivity index (χ3v) is 6.10. The topological polar surface area (TPSA) is 65.5 Å². The highest BCUT2D eigenvalue weighted by Gasteiger charge is 2.52. The average Bonchev–Trinajstić information content (AvgIpc) is 3.02. The van der Waals surface area contributed by atoms with Crippen LogP contribution in [0.4, 0.5) is 0 Å². The molecule has 0 radical (unpaired) electrons. The minimum Gasteiger partial charge on any atom is -0.338 e. The Balaban J connectivity index is 1.53. The van der Waals surface area contributed by atoms with Gasteiger partial charge in [-0.2, -0.15) is 0 Å². The number of aromatic nitrogens is 1. The zero-order valence-corrected chi connectivity index (χ0v) is 17.0. The second kappa shape index (κ2) is 7.95. The number of piperidine rings is 1. The standard InChI is InChI=1S/C23H28N4O2/c1-17(2)20-22(29)27(16-18-7-6-12-24-15-18)23(25-20)10-13-26(14-11-23)21(28)19-8-4-3-5-9-19/h3-9,12,15,17,20,25H,10-11,13-14,16H2,1-2H3. The van der Waals surface area contributed by atoms with E-state index in [-0.39, 0.29) is 23.8 Å². The molecular weight excluding hydrogens is 364 g/mol. The van der Waals surface area contributed by atoms with Gasteiger partial charge in [-0.1, -0.05) is 38.1 Å². The zero-order valence-electron chi connectivity index (χ0n) is 17.0. The maximum absolute atomic E-state index is 13.2. The van der Waals surface area contributed by atoms with E-state index in [0.29, 0.717) is 25.2 Å². The third-order valence-electron chi connectivity index (χ3n) is 6.10. The van der Waals surface area contributed by atoms with Gasteiger partial charge in [0.25, 0.3) is 5.91 Å². The van der Waals surface area contributed by atoms with Crippen LogP contribution >= 0.6 is 0 Å². The molecule has 2 saturated heterocycles. The molecule has 1 unspecified atom stereocenters. The lowest BCUT2D eigenvalue weighted by Crippen LogP contribution is -2.59. The largest absolute Gasteiger partial charge is 0.338 e. The van der Waals surface area contributed by atoms with E-state index in [0.717, 1.165) is 18.4 Å². The molecule has 1 atom stereocenters. The van der Waals surface area contributed by atoms with Crippen LogP contribution in [-0.4, -0.2) is 51.4 Å². The van der Waals surface area contributed by atoms with E-state index >= 15 is 0 Å². The van der Waals surface area contributed by atoms with Crippen LogP contribution in [0.25, 0.3) is 0 Å². The number of nitrogens with one attached hydrogen (secondary N) is 1. The van der Waals surface area contributed by atoms with Crippen LogP contribution in [0.5, 0.6) is 0 Å². The van der Waals surface area contributed by atoms with Gasteiger partial charge < -0.3 is 9.80 Å². The molecule has 2 aromatic rings. The number of hydrogen-bond donors (Lipinski definition) is 1. The lowest BCUT2D eigenvalue weighted by atomic mass is 9.94. The summed E-state index contributed by atoms with van der Waals surface area (Å²) in [7, 11) is 0. The molecule has 2 fully saturated rings. The minimum absolute atomic E-state index is 0.0593. The Hall–Kier alpha value is -2.73. The Kier molecular flexibility index (Phi) is 5.37. The molecule has 0 aliphatic carbocycles. The van der Waals surface area contributed by atoms with Crippen molar-refractivity contribution in [3.05, 3.63) is 66.0 Å². The van der Waals surface area contributed by atoms with E-state index in [1.807, 2.05) is 58.5 Å². The fourth-order valence-electron chi connectivity index (χ4n) is 4.42. The van der Waals surface area contributed by atoms with Gasteiger partial charge in [0.05, 0.1) is 11.7 Å². The number of pyridine rings is 1. The second-order valence-electron chi connectivity index (χ2n) is 8.34. The van der Waals surface area contributed by atoms with Crippen molar-refractivity contribution in [1.29, 1.82) is 0 Å². The van der Waals surface area contributed by atoms with Crippen molar-refractivity contribution in [2.75, 3.05) is 13.1 Å². The van der Waals surface area contributed by atoms with Gasteiger partial charge >= 0.3 is 0 Å². The third kappa shape index (κ3) is 3.77.